The SMILES string of the molecule is CC(CCc1cccn1C)NC(=O)NCC(O)c1ccc(F)cc1. The van der Waals surface area contributed by atoms with Gasteiger partial charge in [0.15, 0.2) is 0 Å². The molecule has 0 radical (unpaired) electrons. The number of urea groups is 1. The molecule has 6 heteroatoms. The Hall–Kier alpha value is -2.34. The number of aryl methyl sites for hydroxylation is 2. The molecule has 0 fully saturated rings. The van der Waals surface area contributed by atoms with E-state index in [1.807, 2.05) is 26.2 Å². The lowest BCUT2D eigenvalue weighted by Crippen LogP contribution is -2.42. The van der Waals surface area contributed by atoms with Crippen LogP contribution in [0.2, 0.25) is 0 Å². The van der Waals surface area contributed by atoms with Crippen molar-refractivity contribution in [2.45, 2.75) is 31.9 Å². The Kier molecular flexibility index (Phi) is 6.37. The van der Waals surface area contributed by atoms with Gasteiger partial charge in [-0.1, -0.05) is 12.1 Å². The molecule has 0 bridgehead atoms. The van der Waals surface area contributed by atoms with E-state index in [9.17, 15) is 14.3 Å². The predicted octanol–water partition coefficient (Wildman–Crippen LogP) is 2.52. The summed E-state index contributed by atoms with van der Waals surface area (Å²) in [6.07, 6.45) is 2.83. The second kappa shape index (κ2) is 8.49. The van der Waals surface area contributed by atoms with Crippen molar-refractivity contribution in [1.82, 2.24) is 15.2 Å². The van der Waals surface area contributed by atoms with Crippen molar-refractivity contribution in [1.29, 1.82) is 0 Å². The fourth-order valence-corrected chi connectivity index (χ4v) is 2.46. The van der Waals surface area contributed by atoms with E-state index < -0.39 is 6.10 Å². The predicted molar refractivity (Wildman–Crippen MR) is 91.1 cm³/mol. The van der Waals surface area contributed by atoms with Crippen molar-refractivity contribution in [3.8, 4) is 0 Å². The highest BCUT2D eigenvalue weighted by atomic mass is 19.1. The third-order valence-corrected chi connectivity index (χ3v) is 3.97. The lowest BCUT2D eigenvalue weighted by molar-refractivity contribution is 0.172. The van der Waals surface area contributed by atoms with Crippen LogP contribution in [0, 0.1) is 5.82 Å². The Balaban J connectivity index is 1.70. The molecule has 24 heavy (non-hydrogen) atoms. The molecular formula is C18H24FN3O2. The van der Waals surface area contributed by atoms with Gasteiger partial charge in [-0.3, -0.25) is 0 Å². The highest BCUT2D eigenvalue weighted by molar-refractivity contribution is 5.74. The van der Waals surface area contributed by atoms with Gasteiger partial charge < -0.3 is 20.3 Å². The van der Waals surface area contributed by atoms with Crippen LogP contribution in [0.5, 0.6) is 0 Å². The second-order valence-corrected chi connectivity index (χ2v) is 5.97. The minimum atomic E-state index is -0.866. The van der Waals surface area contributed by atoms with Crippen LogP contribution in [0.4, 0.5) is 9.18 Å². The molecule has 0 aliphatic carbocycles. The summed E-state index contributed by atoms with van der Waals surface area (Å²) in [7, 11) is 2.00. The molecule has 0 saturated heterocycles. The summed E-state index contributed by atoms with van der Waals surface area (Å²) < 4.78 is 14.9. The van der Waals surface area contributed by atoms with Crippen molar-refractivity contribution < 1.29 is 14.3 Å². The summed E-state index contributed by atoms with van der Waals surface area (Å²) in [6, 6.07) is 9.32. The van der Waals surface area contributed by atoms with Crippen LogP contribution in [-0.2, 0) is 13.5 Å². The summed E-state index contributed by atoms with van der Waals surface area (Å²) in [5.74, 6) is -0.358. The Bertz CT molecular complexity index is 655. The zero-order chi connectivity index (χ0) is 17.5. The monoisotopic (exact) mass is 333 g/mol. The fraction of sp³-hybridized carbons (Fsp3) is 0.389. The maximum Gasteiger partial charge on any atom is 0.315 e. The van der Waals surface area contributed by atoms with Gasteiger partial charge in [-0.15, -0.1) is 0 Å². The molecule has 1 heterocycles. The number of aromatic nitrogens is 1. The van der Waals surface area contributed by atoms with Gasteiger partial charge in [0, 0.05) is 31.5 Å². The van der Waals surface area contributed by atoms with Gasteiger partial charge in [-0.05, 0) is 49.6 Å². The maximum absolute atomic E-state index is 12.8. The van der Waals surface area contributed by atoms with Crippen molar-refractivity contribution in [2.75, 3.05) is 6.54 Å². The van der Waals surface area contributed by atoms with Gasteiger partial charge in [0.2, 0.25) is 0 Å². The number of carbonyl (C=O) groups is 1. The highest BCUT2D eigenvalue weighted by Crippen LogP contribution is 2.12. The molecule has 2 aromatic rings. The van der Waals surface area contributed by atoms with Crippen molar-refractivity contribution in [3.63, 3.8) is 0 Å². The van der Waals surface area contributed by atoms with Crippen LogP contribution < -0.4 is 10.6 Å². The molecule has 5 nitrogen and oxygen atoms in total. The Morgan fingerprint density at radius 3 is 2.62 bits per heavy atom. The van der Waals surface area contributed by atoms with Gasteiger partial charge in [0.25, 0.3) is 0 Å². The van der Waals surface area contributed by atoms with Gasteiger partial charge >= 0.3 is 6.03 Å². The first-order chi connectivity index (χ1) is 11.5. The molecule has 0 aliphatic rings. The average Bonchev–Trinajstić information content (AvgIpc) is 2.96. The van der Waals surface area contributed by atoms with Crippen molar-refractivity contribution in [3.05, 3.63) is 59.7 Å². The minimum Gasteiger partial charge on any atom is -0.387 e. The third kappa shape index (κ3) is 5.38. The summed E-state index contributed by atoms with van der Waals surface area (Å²) in [6.45, 7) is 2.01. The van der Waals surface area contributed by atoms with Crippen LogP contribution >= 0.6 is 0 Å². The van der Waals surface area contributed by atoms with E-state index in [0.717, 1.165) is 12.8 Å². The number of aliphatic hydroxyl groups excluding tert-OH is 1. The smallest absolute Gasteiger partial charge is 0.315 e. The van der Waals surface area contributed by atoms with E-state index in [2.05, 4.69) is 21.3 Å². The number of hydrogen-bond acceptors (Lipinski definition) is 2. The van der Waals surface area contributed by atoms with Crippen LogP contribution in [0.1, 0.15) is 30.7 Å². The molecule has 3 N–H and O–H groups in total. The number of benzene rings is 1. The van der Waals surface area contributed by atoms with E-state index in [1.165, 1.54) is 30.0 Å². The summed E-state index contributed by atoms with van der Waals surface area (Å²) >= 11 is 0. The van der Waals surface area contributed by atoms with Crippen molar-refractivity contribution in [2.24, 2.45) is 7.05 Å². The number of amides is 2. The summed E-state index contributed by atoms with van der Waals surface area (Å²) in [5, 5.41) is 15.5. The number of hydrogen-bond donors (Lipinski definition) is 3. The number of nitrogens with zero attached hydrogens (tertiary/aromatic N) is 1. The number of rotatable bonds is 7. The molecule has 2 rings (SSSR count). The molecule has 130 valence electrons. The second-order valence-electron chi connectivity index (χ2n) is 5.97. The quantitative estimate of drug-likeness (QED) is 0.729. The van der Waals surface area contributed by atoms with Gasteiger partial charge in [0.1, 0.15) is 5.82 Å². The molecule has 1 aromatic carbocycles. The van der Waals surface area contributed by atoms with Gasteiger partial charge in [-0.25, -0.2) is 9.18 Å². The highest BCUT2D eigenvalue weighted by Gasteiger charge is 2.12. The molecule has 1 aromatic heterocycles. The number of halogens is 1. The summed E-state index contributed by atoms with van der Waals surface area (Å²) in [5.41, 5.74) is 1.78. The van der Waals surface area contributed by atoms with Crippen molar-refractivity contribution >= 4 is 6.03 Å². The molecule has 2 unspecified atom stereocenters. The summed E-state index contributed by atoms with van der Waals surface area (Å²) in [4.78, 5) is 11.9. The van der Waals surface area contributed by atoms with Gasteiger partial charge in [0.05, 0.1) is 6.10 Å². The molecule has 2 amide bonds. The minimum absolute atomic E-state index is 0.0165. The van der Waals surface area contributed by atoms with Gasteiger partial charge in [-0.2, -0.15) is 0 Å². The normalized spacial score (nSPS) is 13.3. The number of aliphatic hydroxyl groups is 1. The Morgan fingerprint density at radius 2 is 2.00 bits per heavy atom. The van der Waals surface area contributed by atoms with E-state index >= 15 is 0 Å². The van der Waals surface area contributed by atoms with E-state index in [4.69, 9.17) is 0 Å². The average molecular weight is 333 g/mol. The lowest BCUT2D eigenvalue weighted by atomic mass is 10.1. The topological polar surface area (TPSA) is 66.3 Å². The zero-order valence-electron chi connectivity index (χ0n) is 14.0. The third-order valence-electron chi connectivity index (χ3n) is 3.97. The number of carbonyl (C=O) groups excluding carboxylic acids is 1. The van der Waals surface area contributed by atoms with E-state index in [0.29, 0.717) is 5.56 Å². The molecule has 0 saturated carbocycles. The van der Waals surface area contributed by atoms with Crippen LogP contribution in [-0.4, -0.2) is 28.3 Å². The standard InChI is InChI=1S/C18H24FN3O2/c1-13(5-10-16-4-3-11-22(16)2)21-18(24)20-12-17(23)14-6-8-15(19)9-7-14/h3-4,6-9,11,13,17,23H,5,10,12H2,1-2H3,(H2,20,21,24). The maximum atomic E-state index is 12.8. The first-order valence-electron chi connectivity index (χ1n) is 8.04. The zero-order valence-corrected chi connectivity index (χ0v) is 14.0. The van der Waals surface area contributed by atoms with E-state index in [-0.39, 0.29) is 24.4 Å². The van der Waals surface area contributed by atoms with E-state index in [1.54, 1.807) is 0 Å². The first kappa shape index (κ1) is 18.0. The fourth-order valence-electron chi connectivity index (χ4n) is 2.46. The molecule has 2 atom stereocenters. The Morgan fingerprint density at radius 1 is 1.29 bits per heavy atom. The van der Waals surface area contributed by atoms with Crippen LogP contribution in [0.3, 0.4) is 0 Å². The first-order valence-corrected chi connectivity index (χ1v) is 8.04. The number of nitrogens with one attached hydrogen (secondary N) is 2. The van der Waals surface area contributed by atoms with Crippen LogP contribution in [0.25, 0.3) is 0 Å². The Labute approximate surface area is 141 Å². The largest absolute Gasteiger partial charge is 0.387 e. The lowest BCUT2D eigenvalue weighted by Gasteiger charge is -2.17. The van der Waals surface area contributed by atoms with Crippen LogP contribution in [0.15, 0.2) is 42.6 Å². The molecule has 0 aliphatic heterocycles. The molecular weight excluding hydrogens is 309 g/mol. The molecule has 0 spiro atoms.